The van der Waals surface area contributed by atoms with Crippen molar-refractivity contribution in [3.8, 4) is 16.2 Å². The summed E-state index contributed by atoms with van der Waals surface area (Å²) in [7, 11) is 1.64. The molecule has 0 fully saturated rings. The number of methoxy groups -OCH3 is 1. The quantitative estimate of drug-likeness (QED) is 0.755. The Morgan fingerprint density at radius 3 is 2.69 bits per heavy atom. The molecule has 0 N–H and O–H groups in total. The monoisotopic (exact) mass is 232 g/mol. The number of carbonyl (C=O) groups excluding carboxylic acids is 1. The molecule has 1 aromatic carbocycles. The third-order valence-corrected chi connectivity index (χ3v) is 3.30. The smallest absolute Gasteiger partial charge is 0.159 e. The average molecular weight is 232 g/mol. The Kier molecular flexibility index (Phi) is 3.06. The second-order valence-electron chi connectivity index (χ2n) is 3.45. The Morgan fingerprint density at radius 2 is 2.12 bits per heavy atom. The van der Waals surface area contributed by atoms with E-state index in [9.17, 15) is 4.79 Å². The zero-order valence-corrected chi connectivity index (χ0v) is 10.0. The first kappa shape index (κ1) is 10.9. The second-order valence-corrected chi connectivity index (χ2v) is 4.40. The number of benzene rings is 1. The summed E-state index contributed by atoms with van der Waals surface area (Å²) in [6.45, 7) is 1.57. The number of thiophene rings is 1. The van der Waals surface area contributed by atoms with Crippen LogP contribution in [0.3, 0.4) is 0 Å². The lowest BCUT2D eigenvalue weighted by Crippen LogP contribution is -1.94. The van der Waals surface area contributed by atoms with Gasteiger partial charge in [-0.3, -0.25) is 4.79 Å². The molecule has 0 bridgehead atoms. The summed E-state index contributed by atoms with van der Waals surface area (Å²) >= 11 is 1.63. The maximum Gasteiger partial charge on any atom is 0.159 e. The van der Waals surface area contributed by atoms with Crippen molar-refractivity contribution in [1.29, 1.82) is 0 Å². The molecule has 2 aromatic rings. The average Bonchev–Trinajstić information content (AvgIpc) is 2.81. The summed E-state index contributed by atoms with van der Waals surface area (Å²) in [6, 6.07) is 9.52. The Balaban J connectivity index is 2.56. The lowest BCUT2D eigenvalue weighted by Gasteiger charge is -2.08. The molecule has 2 nitrogen and oxygen atoms in total. The van der Waals surface area contributed by atoms with Gasteiger partial charge in [0.1, 0.15) is 5.75 Å². The Hall–Kier alpha value is -1.61. The maximum atomic E-state index is 11.3. The van der Waals surface area contributed by atoms with Crippen molar-refractivity contribution in [1.82, 2.24) is 0 Å². The van der Waals surface area contributed by atoms with Gasteiger partial charge in [-0.05, 0) is 36.6 Å². The maximum absolute atomic E-state index is 11.3. The Labute approximate surface area is 98.5 Å². The molecule has 1 heterocycles. The van der Waals surface area contributed by atoms with Crippen molar-refractivity contribution < 1.29 is 9.53 Å². The van der Waals surface area contributed by atoms with E-state index in [1.165, 1.54) is 0 Å². The third-order valence-electron chi connectivity index (χ3n) is 2.39. The molecule has 0 aliphatic rings. The first-order valence-corrected chi connectivity index (χ1v) is 5.83. The van der Waals surface area contributed by atoms with Crippen LogP contribution in [0.1, 0.15) is 17.3 Å². The fourth-order valence-electron chi connectivity index (χ4n) is 1.55. The van der Waals surface area contributed by atoms with Crippen LogP contribution in [0, 0.1) is 0 Å². The van der Waals surface area contributed by atoms with E-state index in [1.807, 2.05) is 29.6 Å². The van der Waals surface area contributed by atoms with E-state index in [2.05, 4.69) is 0 Å². The van der Waals surface area contributed by atoms with E-state index in [4.69, 9.17) is 4.74 Å². The first-order chi connectivity index (χ1) is 7.72. The van der Waals surface area contributed by atoms with Crippen LogP contribution < -0.4 is 4.74 Å². The molecule has 0 saturated carbocycles. The van der Waals surface area contributed by atoms with E-state index in [1.54, 1.807) is 31.4 Å². The van der Waals surface area contributed by atoms with E-state index in [-0.39, 0.29) is 5.78 Å². The van der Waals surface area contributed by atoms with Crippen LogP contribution in [0.15, 0.2) is 35.7 Å². The van der Waals surface area contributed by atoms with Gasteiger partial charge in [-0.2, -0.15) is 0 Å². The second kappa shape index (κ2) is 4.49. The van der Waals surface area contributed by atoms with E-state index in [0.29, 0.717) is 5.56 Å². The molecule has 0 spiro atoms. The number of carbonyl (C=O) groups is 1. The molecule has 0 atom stereocenters. The minimum atomic E-state index is 0.0699. The molecule has 0 saturated heterocycles. The van der Waals surface area contributed by atoms with Gasteiger partial charge in [-0.1, -0.05) is 6.07 Å². The van der Waals surface area contributed by atoms with Gasteiger partial charge in [0.2, 0.25) is 0 Å². The number of rotatable bonds is 3. The summed E-state index contributed by atoms with van der Waals surface area (Å²) < 4.78 is 5.30. The van der Waals surface area contributed by atoms with Crippen molar-refractivity contribution in [2.24, 2.45) is 0 Å². The number of ether oxygens (including phenoxy) is 1. The number of hydrogen-bond acceptors (Lipinski definition) is 3. The normalized spacial score (nSPS) is 10.1. The van der Waals surface area contributed by atoms with Gasteiger partial charge in [0.05, 0.1) is 7.11 Å². The summed E-state index contributed by atoms with van der Waals surface area (Å²) in [5.74, 6) is 0.868. The van der Waals surface area contributed by atoms with Crippen LogP contribution >= 0.6 is 11.3 Å². The summed E-state index contributed by atoms with van der Waals surface area (Å²) in [6.07, 6.45) is 0. The summed E-state index contributed by atoms with van der Waals surface area (Å²) in [5.41, 5.74) is 1.69. The van der Waals surface area contributed by atoms with Gasteiger partial charge in [-0.25, -0.2) is 0 Å². The predicted molar refractivity (Wildman–Crippen MR) is 66.3 cm³/mol. The minimum absolute atomic E-state index is 0.0699. The molecule has 82 valence electrons. The topological polar surface area (TPSA) is 26.3 Å². The largest absolute Gasteiger partial charge is 0.496 e. The van der Waals surface area contributed by atoms with Gasteiger partial charge < -0.3 is 4.74 Å². The molecule has 1 aromatic heterocycles. The van der Waals surface area contributed by atoms with Gasteiger partial charge in [0.15, 0.2) is 5.78 Å². The lowest BCUT2D eigenvalue weighted by atomic mass is 10.1. The van der Waals surface area contributed by atoms with Crippen LogP contribution in [-0.4, -0.2) is 12.9 Å². The third kappa shape index (κ3) is 1.99. The van der Waals surface area contributed by atoms with Crippen LogP contribution in [-0.2, 0) is 0 Å². The molecular formula is C13H12O2S. The van der Waals surface area contributed by atoms with Crippen molar-refractivity contribution in [3.63, 3.8) is 0 Å². The predicted octanol–water partition coefficient (Wildman–Crippen LogP) is 3.63. The van der Waals surface area contributed by atoms with Crippen LogP contribution in [0.2, 0.25) is 0 Å². The number of hydrogen-bond donors (Lipinski definition) is 0. The van der Waals surface area contributed by atoms with Gasteiger partial charge in [0, 0.05) is 16.0 Å². The van der Waals surface area contributed by atoms with E-state index >= 15 is 0 Å². The molecule has 0 aliphatic heterocycles. The van der Waals surface area contributed by atoms with Gasteiger partial charge in [-0.15, -0.1) is 11.3 Å². The zero-order chi connectivity index (χ0) is 11.5. The van der Waals surface area contributed by atoms with Crippen LogP contribution in [0.25, 0.3) is 10.4 Å². The molecule has 0 aliphatic carbocycles. The standard InChI is InChI=1S/C13H12O2S/c1-9(14)10-5-6-12(15-2)11(8-10)13-4-3-7-16-13/h3-8H,1-2H3. The van der Waals surface area contributed by atoms with Crippen molar-refractivity contribution in [3.05, 3.63) is 41.3 Å². The van der Waals surface area contributed by atoms with E-state index < -0.39 is 0 Å². The number of ketones is 1. The fraction of sp³-hybridized carbons (Fsp3) is 0.154. The summed E-state index contributed by atoms with van der Waals surface area (Å²) in [4.78, 5) is 12.4. The Morgan fingerprint density at radius 1 is 1.31 bits per heavy atom. The van der Waals surface area contributed by atoms with Gasteiger partial charge in [0.25, 0.3) is 0 Å². The molecular weight excluding hydrogens is 220 g/mol. The van der Waals surface area contributed by atoms with E-state index in [0.717, 1.165) is 16.2 Å². The van der Waals surface area contributed by atoms with Crippen LogP contribution in [0.4, 0.5) is 0 Å². The SMILES string of the molecule is COc1ccc(C(C)=O)cc1-c1cccs1. The molecule has 2 rings (SSSR count). The summed E-state index contributed by atoms with van der Waals surface area (Å²) in [5, 5.41) is 2.01. The molecule has 0 unspecified atom stereocenters. The molecule has 0 amide bonds. The zero-order valence-electron chi connectivity index (χ0n) is 9.19. The first-order valence-electron chi connectivity index (χ1n) is 4.95. The molecule has 16 heavy (non-hydrogen) atoms. The van der Waals surface area contributed by atoms with Gasteiger partial charge >= 0.3 is 0 Å². The highest BCUT2D eigenvalue weighted by molar-refractivity contribution is 7.13. The molecule has 0 radical (unpaired) electrons. The highest BCUT2D eigenvalue weighted by Gasteiger charge is 2.09. The highest BCUT2D eigenvalue weighted by atomic mass is 32.1. The van der Waals surface area contributed by atoms with Crippen molar-refractivity contribution >= 4 is 17.1 Å². The van der Waals surface area contributed by atoms with Crippen molar-refractivity contribution in [2.45, 2.75) is 6.92 Å². The van der Waals surface area contributed by atoms with Crippen LogP contribution in [0.5, 0.6) is 5.75 Å². The number of Topliss-reactive ketones (excluding diaryl/α,β-unsaturated/α-hetero) is 1. The lowest BCUT2D eigenvalue weighted by molar-refractivity contribution is 0.101. The fourth-order valence-corrected chi connectivity index (χ4v) is 2.30. The minimum Gasteiger partial charge on any atom is -0.496 e. The highest BCUT2D eigenvalue weighted by Crippen LogP contribution is 2.33. The Bertz CT molecular complexity index is 501. The molecule has 3 heteroatoms. The van der Waals surface area contributed by atoms with Crippen molar-refractivity contribution in [2.75, 3.05) is 7.11 Å².